The Labute approximate surface area is 243 Å². The van der Waals surface area contributed by atoms with Gasteiger partial charge in [-0.2, -0.15) is 0 Å². The lowest BCUT2D eigenvalue weighted by Crippen LogP contribution is -2.62. The second-order valence-electron chi connectivity index (χ2n) is 13.8. The van der Waals surface area contributed by atoms with Crippen molar-refractivity contribution in [3.05, 3.63) is 97.1 Å². The van der Waals surface area contributed by atoms with Crippen molar-refractivity contribution < 1.29 is 0 Å². The molecule has 4 heteroatoms. The third kappa shape index (κ3) is 3.37. The maximum atomic E-state index is 5.38. The summed E-state index contributed by atoms with van der Waals surface area (Å²) < 4.78 is 2.40. The molecule has 0 atom stereocenters. The van der Waals surface area contributed by atoms with Crippen LogP contribution in [0.3, 0.4) is 0 Å². The fraction of sp³-hybridized carbons (Fsp3) is 0.324. The first-order valence-electron chi connectivity index (χ1n) is 14.8. The zero-order chi connectivity index (χ0) is 28.9. The molecule has 7 rings (SSSR count). The minimum Gasteiger partial charge on any atom is -0.327 e. The summed E-state index contributed by atoms with van der Waals surface area (Å²) in [5.74, 6) is 1.08. The van der Waals surface area contributed by atoms with Gasteiger partial charge in [-0.25, -0.2) is 4.99 Å². The normalized spacial score (nSPS) is 20.0. The summed E-state index contributed by atoms with van der Waals surface area (Å²) in [7, 11) is 0. The van der Waals surface area contributed by atoms with Gasteiger partial charge in [0.05, 0.1) is 33.2 Å². The van der Waals surface area contributed by atoms with E-state index in [9.17, 15) is 0 Å². The predicted octanol–water partition coefficient (Wildman–Crippen LogP) is 9.06. The van der Waals surface area contributed by atoms with Gasteiger partial charge in [-0.1, -0.05) is 60.7 Å². The molecule has 0 bridgehead atoms. The van der Waals surface area contributed by atoms with E-state index < -0.39 is 0 Å². The van der Waals surface area contributed by atoms with Crippen LogP contribution in [0, 0.1) is 0 Å². The number of nitrogens with zero attached hydrogens (tertiary/aromatic N) is 4. The number of guanidine groups is 1. The molecule has 0 aliphatic carbocycles. The third-order valence-electron chi connectivity index (χ3n) is 10.6. The van der Waals surface area contributed by atoms with Crippen molar-refractivity contribution in [1.82, 2.24) is 9.47 Å². The van der Waals surface area contributed by atoms with Gasteiger partial charge < -0.3 is 14.4 Å². The minimum atomic E-state index is -0.194. The molecule has 0 N–H and O–H groups in total. The van der Waals surface area contributed by atoms with Crippen LogP contribution in [0.15, 0.2) is 102 Å². The van der Waals surface area contributed by atoms with Crippen molar-refractivity contribution >= 4 is 33.5 Å². The first kappa shape index (κ1) is 25.9. The van der Waals surface area contributed by atoms with E-state index in [1.165, 1.54) is 44.3 Å². The Morgan fingerprint density at radius 1 is 0.512 bits per heavy atom. The summed E-state index contributed by atoms with van der Waals surface area (Å²) in [6.07, 6.45) is 0. The van der Waals surface area contributed by atoms with E-state index in [1.54, 1.807) is 0 Å². The lowest BCUT2D eigenvalue weighted by molar-refractivity contribution is 0.0529. The summed E-state index contributed by atoms with van der Waals surface area (Å²) in [6.45, 7) is 18.7. The zero-order valence-electron chi connectivity index (χ0n) is 25.5. The SMILES string of the molecule is CC1(C)N=C2N(c3ccc4c(c3)c3ccccc3n4-c3ccc(-c4ccccc4)cc3)C(C)(C)C(C)(C)N2C1(C)C. The summed E-state index contributed by atoms with van der Waals surface area (Å²) in [5.41, 5.74) is 6.66. The molecule has 1 saturated heterocycles. The molecule has 5 aromatic rings. The highest BCUT2D eigenvalue weighted by atomic mass is 15.6. The van der Waals surface area contributed by atoms with Crippen molar-refractivity contribution in [3.8, 4) is 16.8 Å². The molecule has 0 radical (unpaired) electrons. The van der Waals surface area contributed by atoms with E-state index in [4.69, 9.17) is 4.99 Å². The smallest absolute Gasteiger partial charge is 0.203 e. The predicted molar refractivity (Wildman–Crippen MR) is 174 cm³/mol. The van der Waals surface area contributed by atoms with Gasteiger partial charge in [0.2, 0.25) is 5.96 Å². The Morgan fingerprint density at radius 2 is 1.10 bits per heavy atom. The van der Waals surface area contributed by atoms with Gasteiger partial charge in [-0.15, -0.1) is 0 Å². The standard InChI is InChI=1S/C37H40N4/c1-34(2)35(3,4)41-33(38-34)40(36(5,6)37(41,7)8)28-22-23-32-30(24-28)29-16-12-13-17-31(29)39(32)27-20-18-26(19-21-27)25-14-10-9-11-15-25/h9-24H,1-8H3. The highest BCUT2D eigenvalue weighted by Gasteiger charge is 2.65. The summed E-state index contributed by atoms with van der Waals surface area (Å²) >= 11 is 0. The maximum absolute atomic E-state index is 5.38. The van der Waals surface area contributed by atoms with E-state index >= 15 is 0 Å². The molecule has 2 aliphatic rings. The van der Waals surface area contributed by atoms with Crippen molar-refractivity contribution in [1.29, 1.82) is 0 Å². The van der Waals surface area contributed by atoms with Crippen molar-refractivity contribution in [2.75, 3.05) is 4.90 Å². The molecule has 41 heavy (non-hydrogen) atoms. The number of aromatic nitrogens is 1. The van der Waals surface area contributed by atoms with Gasteiger partial charge in [-0.3, -0.25) is 0 Å². The maximum Gasteiger partial charge on any atom is 0.203 e. The first-order valence-corrected chi connectivity index (χ1v) is 14.8. The van der Waals surface area contributed by atoms with Crippen LogP contribution in [0.25, 0.3) is 38.6 Å². The summed E-state index contributed by atoms with van der Waals surface area (Å²) in [4.78, 5) is 10.4. The number of fused-ring (bicyclic) bond motifs is 4. The Balaban J connectivity index is 1.40. The second kappa shape index (κ2) is 8.25. The topological polar surface area (TPSA) is 23.8 Å². The highest BCUT2D eigenvalue weighted by Crippen LogP contribution is 2.54. The second-order valence-corrected chi connectivity index (χ2v) is 13.8. The largest absolute Gasteiger partial charge is 0.327 e. The van der Waals surface area contributed by atoms with E-state index in [0.717, 1.165) is 5.96 Å². The molecule has 0 saturated carbocycles. The molecular weight excluding hydrogens is 500 g/mol. The molecule has 1 aromatic heterocycles. The van der Waals surface area contributed by atoms with E-state index in [2.05, 4.69) is 167 Å². The fourth-order valence-electron chi connectivity index (χ4n) is 7.11. The fourth-order valence-corrected chi connectivity index (χ4v) is 7.11. The molecule has 4 aromatic carbocycles. The van der Waals surface area contributed by atoms with Crippen LogP contribution in [0.1, 0.15) is 55.4 Å². The van der Waals surface area contributed by atoms with Gasteiger partial charge >= 0.3 is 0 Å². The number of hydrogen-bond donors (Lipinski definition) is 0. The zero-order valence-corrected chi connectivity index (χ0v) is 25.5. The molecule has 1 fully saturated rings. The number of anilines is 1. The van der Waals surface area contributed by atoms with E-state index in [0.29, 0.717) is 0 Å². The lowest BCUT2D eigenvalue weighted by atomic mass is 9.76. The summed E-state index contributed by atoms with van der Waals surface area (Å²) in [6, 6.07) is 35.2. The Hall–Kier alpha value is -4.05. The molecule has 3 heterocycles. The van der Waals surface area contributed by atoms with Gasteiger partial charge in [0.15, 0.2) is 0 Å². The van der Waals surface area contributed by atoms with Gasteiger partial charge in [0.25, 0.3) is 0 Å². The third-order valence-corrected chi connectivity index (χ3v) is 10.6. The number of aliphatic imine (C=N–C) groups is 1. The average molecular weight is 541 g/mol. The molecule has 2 aliphatic heterocycles. The van der Waals surface area contributed by atoms with Crippen LogP contribution in [0.5, 0.6) is 0 Å². The number of para-hydroxylation sites is 1. The molecular formula is C37H40N4. The molecule has 0 amide bonds. The van der Waals surface area contributed by atoms with E-state index in [-0.39, 0.29) is 22.2 Å². The van der Waals surface area contributed by atoms with Crippen molar-refractivity contribution in [2.45, 2.75) is 77.5 Å². The number of rotatable bonds is 3. The Bertz CT molecular complexity index is 1840. The first-order chi connectivity index (χ1) is 19.4. The van der Waals surface area contributed by atoms with Crippen LogP contribution >= 0.6 is 0 Å². The molecule has 4 nitrogen and oxygen atoms in total. The summed E-state index contributed by atoms with van der Waals surface area (Å²) in [5, 5.41) is 2.52. The van der Waals surface area contributed by atoms with Crippen LogP contribution < -0.4 is 4.90 Å². The van der Waals surface area contributed by atoms with Crippen molar-refractivity contribution in [2.24, 2.45) is 4.99 Å². The van der Waals surface area contributed by atoms with Crippen LogP contribution in [-0.2, 0) is 0 Å². The highest BCUT2D eigenvalue weighted by molar-refractivity contribution is 6.12. The van der Waals surface area contributed by atoms with Gasteiger partial charge in [0.1, 0.15) is 0 Å². The van der Waals surface area contributed by atoms with Crippen LogP contribution in [-0.4, -0.2) is 37.6 Å². The van der Waals surface area contributed by atoms with E-state index in [1.807, 2.05) is 0 Å². The monoisotopic (exact) mass is 540 g/mol. The molecule has 0 spiro atoms. The number of benzene rings is 4. The Kier molecular flexibility index (Phi) is 5.21. The van der Waals surface area contributed by atoms with Gasteiger partial charge in [0, 0.05) is 22.1 Å². The quantitative estimate of drug-likeness (QED) is 0.228. The van der Waals surface area contributed by atoms with Crippen molar-refractivity contribution in [3.63, 3.8) is 0 Å². The molecule has 0 unspecified atom stereocenters. The minimum absolute atomic E-state index is 0.107. The average Bonchev–Trinajstić information content (AvgIpc) is 3.42. The molecule has 208 valence electrons. The number of hydrogen-bond acceptors (Lipinski definition) is 3. The van der Waals surface area contributed by atoms with Gasteiger partial charge in [-0.05, 0) is 103 Å². The Morgan fingerprint density at radius 3 is 1.80 bits per heavy atom. The lowest BCUT2D eigenvalue weighted by Gasteiger charge is -2.50. The van der Waals surface area contributed by atoms with Crippen LogP contribution in [0.2, 0.25) is 0 Å². The van der Waals surface area contributed by atoms with Crippen LogP contribution in [0.4, 0.5) is 5.69 Å².